The summed E-state index contributed by atoms with van der Waals surface area (Å²) < 4.78 is 0. The number of nitrogens with zero attached hydrogens (tertiary/aromatic N) is 3. The van der Waals surface area contributed by atoms with Gasteiger partial charge in [-0.3, -0.25) is 14.9 Å². The van der Waals surface area contributed by atoms with E-state index in [1.165, 1.54) is 0 Å². The second kappa shape index (κ2) is 7.63. The zero-order chi connectivity index (χ0) is 20.5. The van der Waals surface area contributed by atoms with Crippen LogP contribution < -0.4 is 10.6 Å². The van der Waals surface area contributed by atoms with E-state index in [9.17, 15) is 9.59 Å². The van der Waals surface area contributed by atoms with Crippen LogP contribution in [0.3, 0.4) is 0 Å². The number of H-pyrrole nitrogens is 1. The van der Waals surface area contributed by atoms with E-state index >= 15 is 0 Å². The molecular weight excluding hydrogens is 368 g/mol. The molecule has 0 saturated heterocycles. The lowest BCUT2D eigenvalue weighted by molar-refractivity contribution is -0.117. The summed E-state index contributed by atoms with van der Waals surface area (Å²) in [6, 6.07) is 5.74. The third-order valence-electron chi connectivity index (χ3n) is 4.86. The van der Waals surface area contributed by atoms with Crippen LogP contribution in [0.25, 0.3) is 22.2 Å². The first-order valence-electron chi connectivity index (χ1n) is 9.62. The van der Waals surface area contributed by atoms with E-state index in [0.29, 0.717) is 12.5 Å². The smallest absolute Gasteiger partial charge is 0.238 e. The number of rotatable bonds is 6. The number of anilines is 2. The molecule has 0 spiro atoms. The van der Waals surface area contributed by atoms with Crippen molar-refractivity contribution in [1.82, 2.24) is 19.9 Å². The topological polar surface area (TPSA) is 103 Å². The number of aryl methyl sites for hydroxylation is 1. The van der Waals surface area contributed by atoms with E-state index < -0.39 is 0 Å². The van der Waals surface area contributed by atoms with Crippen LogP contribution in [-0.4, -0.2) is 52.3 Å². The van der Waals surface area contributed by atoms with Crippen LogP contribution in [0.2, 0.25) is 0 Å². The fourth-order valence-corrected chi connectivity index (χ4v) is 3.26. The highest BCUT2D eigenvalue weighted by atomic mass is 16.2. The molecule has 0 radical (unpaired) electrons. The molecule has 4 rings (SSSR count). The monoisotopic (exact) mass is 392 g/mol. The predicted molar refractivity (Wildman–Crippen MR) is 113 cm³/mol. The van der Waals surface area contributed by atoms with Crippen LogP contribution in [0, 0.1) is 12.8 Å². The van der Waals surface area contributed by atoms with Gasteiger partial charge in [-0.2, -0.15) is 0 Å². The van der Waals surface area contributed by atoms with E-state index in [2.05, 4.69) is 25.6 Å². The summed E-state index contributed by atoms with van der Waals surface area (Å²) in [6.45, 7) is 2.24. The quantitative estimate of drug-likeness (QED) is 0.599. The number of benzene rings is 1. The number of likely N-dealkylation sites (N-methyl/N-ethyl adjacent to an activating group) is 1. The Kier molecular flexibility index (Phi) is 5.02. The molecule has 1 fully saturated rings. The summed E-state index contributed by atoms with van der Waals surface area (Å²) in [6.07, 6.45) is 5.44. The lowest BCUT2D eigenvalue weighted by atomic mass is 10.1. The van der Waals surface area contributed by atoms with Crippen molar-refractivity contribution < 1.29 is 9.59 Å². The molecule has 0 atom stereocenters. The molecule has 1 aromatic carbocycles. The molecule has 0 aliphatic heterocycles. The molecule has 3 N–H and O–H groups in total. The van der Waals surface area contributed by atoms with Gasteiger partial charge in [0.2, 0.25) is 17.8 Å². The SMILES string of the molecule is Cc1cnc(NC(=O)C2CC2)nc1-c1c[nH]c2c(NC(=O)CN(C)C)cccc12. The Morgan fingerprint density at radius 1 is 1.24 bits per heavy atom. The van der Waals surface area contributed by atoms with Gasteiger partial charge in [-0.25, -0.2) is 9.97 Å². The van der Waals surface area contributed by atoms with Gasteiger partial charge < -0.3 is 15.2 Å². The highest BCUT2D eigenvalue weighted by molar-refractivity contribution is 6.06. The van der Waals surface area contributed by atoms with Gasteiger partial charge in [0.25, 0.3) is 0 Å². The maximum atomic E-state index is 12.2. The van der Waals surface area contributed by atoms with Crippen molar-refractivity contribution in [3.05, 3.63) is 36.2 Å². The first kappa shape index (κ1) is 19.1. The normalized spacial score (nSPS) is 13.7. The van der Waals surface area contributed by atoms with Gasteiger partial charge in [0.15, 0.2) is 0 Å². The molecular formula is C21H24N6O2. The van der Waals surface area contributed by atoms with Gasteiger partial charge in [0.1, 0.15) is 0 Å². The predicted octanol–water partition coefficient (Wildman–Crippen LogP) is 2.78. The summed E-state index contributed by atoms with van der Waals surface area (Å²) in [5, 5.41) is 6.69. The molecule has 2 aromatic heterocycles. The molecule has 3 aromatic rings. The summed E-state index contributed by atoms with van der Waals surface area (Å²) in [5.41, 5.74) is 4.09. The van der Waals surface area contributed by atoms with Gasteiger partial charge in [0, 0.05) is 29.3 Å². The van der Waals surface area contributed by atoms with Crippen LogP contribution in [-0.2, 0) is 9.59 Å². The highest BCUT2D eigenvalue weighted by Crippen LogP contribution is 2.34. The van der Waals surface area contributed by atoms with Gasteiger partial charge >= 0.3 is 0 Å². The zero-order valence-corrected chi connectivity index (χ0v) is 16.7. The third-order valence-corrected chi connectivity index (χ3v) is 4.86. The molecule has 1 saturated carbocycles. The van der Waals surface area contributed by atoms with Crippen LogP contribution >= 0.6 is 0 Å². The lowest BCUT2D eigenvalue weighted by Crippen LogP contribution is -2.27. The summed E-state index contributed by atoms with van der Waals surface area (Å²) in [5.74, 6) is 0.295. The van der Waals surface area contributed by atoms with Crippen LogP contribution in [0.15, 0.2) is 30.6 Å². The maximum absolute atomic E-state index is 12.2. The van der Waals surface area contributed by atoms with E-state index in [0.717, 1.165) is 46.3 Å². The number of aromatic nitrogens is 3. The molecule has 0 bridgehead atoms. The molecule has 8 heteroatoms. The van der Waals surface area contributed by atoms with Crippen LogP contribution in [0.1, 0.15) is 18.4 Å². The second-order valence-electron chi connectivity index (χ2n) is 7.71. The third kappa shape index (κ3) is 4.12. The molecule has 150 valence electrons. The minimum atomic E-state index is -0.0815. The van der Waals surface area contributed by atoms with Gasteiger partial charge in [0.05, 0.1) is 23.4 Å². The lowest BCUT2D eigenvalue weighted by Gasteiger charge is -2.11. The number of nitrogens with one attached hydrogen (secondary N) is 3. The molecule has 8 nitrogen and oxygen atoms in total. The summed E-state index contributed by atoms with van der Waals surface area (Å²) in [4.78, 5) is 38.1. The average Bonchev–Trinajstić information content (AvgIpc) is 3.43. The van der Waals surface area contributed by atoms with Gasteiger partial charge in [-0.05, 0) is 45.5 Å². The molecule has 2 amide bonds. The van der Waals surface area contributed by atoms with Crippen molar-refractivity contribution in [3.8, 4) is 11.3 Å². The number of carbonyl (C=O) groups excluding carboxylic acids is 2. The number of carbonyl (C=O) groups is 2. The first-order valence-corrected chi connectivity index (χ1v) is 9.62. The number of fused-ring (bicyclic) bond motifs is 1. The summed E-state index contributed by atoms with van der Waals surface area (Å²) >= 11 is 0. The van der Waals surface area contributed by atoms with E-state index in [1.54, 1.807) is 6.20 Å². The minimum absolute atomic E-state index is 0.0235. The minimum Gasteiger partial charge on any atom is -0.359 e. The number of aromatic amines is 1. The molecule has 2 heterocycles. The Labute approximate surface area is 168 Å². The Bertz CT molecular complexity index is 1080. The Morgan fingerprint density at radius 3 is 2.76 bits per heavy atom. The first-order chi connectivity index (χ1) is 13.9. The molecule has 0 unspecified atom stereocenters. The second-order valence-corrected chi connectivity index (χ2v) is 7.71. The van der Waals surface area contributed by atoms with Crippen molar-refractivity contribution in [2.75, 3.05) is 31.3 Å². The fourth-order valence-electron chi connectivity index (χ4n) is 3.26. The van der Waals surface area contributed by atoms with Crippen LogP contribution in [0.4, 0.5) is 11.6 Å². The van der Waals surface area contributed by atoms with Crippen molar-refractivity contribution >= 4 is 34.4 Å². The van der Waals surface area contributed by atoms with Crippen molar-refractivity contribution in [1.29, 1.82) is 0 Å². The number of para-hydroxylation sites is 1. The van der Waals surface area contributed by atoms with Crippen LogP contribution in [0.5, 0.6) is 0 Å². The van der Waals surface area contributed by atoms with Gasteiger partial charge in [-0.15, -0.1) is 0 Å². The number of amides is 2. The highest BCUT2D eigenvalue weighted by Gasteiger charge is 2.30. The average molecular weight is 392 g/mol. The van der Waals surface area contributed by atoms with Crippen molar-refractivity contribution in [2.45, 2.75) is 19.8 Å². The Morgan fingerprint density at radius 2 is 2.03 bits per heavy atom. The van der Waals surface area contributed by atoms with Gasteiger partial charge in [-0.1, -0.05) is 12.1 Å². The zero-order valence-electron chi connectivity index (χ0n) is 16.7. The maximum Gasteiger partial charge on any atom is 0.238 e. The molecule has 29 heavy (non-hydrogen) atoms. The Balaban J connectivity index is 1.67. The number of hydrogen-bond acceptors (Lipinski definition) is 5. The van der Waals surface area contributed by atoms with Crippen molar-refractivity contribution in [2.24, 2.45) is 5.92 Å². The molecule has 1 aliphatic rings. The number of hydrogen-bond donors (Lipinski definition) is 3. The summed E-state index contributed by atoms with van der Waals surface area (Å²) in [7, 11) is 3.70. The largest absolute Gasteiger partial charge is 0.359 e. The van der Waals surface area contributed by atoms with E-state index in [1.807, 2.05) is 50.3 Å². The van der Waals surface area contributed by atoms with E-state index in [4.69, 9.17) is 0 Å². The molecule has 1 aliphatic carbocycles. The Hall–Kier alpha value is -3.26. The van der Waals surface area contributed by atoms with Crippen molar-refractivity contribution in [3.63, 3.8) is 0 Å². The van der Waals surface area contributed by atoms with E-state index in [-0.39, 0.29) is 17.7 Å². The standard InChI is InChI=1S/C21H24N6O2/c1-12-9-23-21(26-20(29)13-7-8-13)25-18(12)15-10-22-19-14(15)5-4-6-16(19)24-17(28)11-27(2)3/h4-6,9-10,13,22H,7-8,11H2,1-3H3,(H,24,28)(H,23,25,26,29). The fraction of sp³-hybridized carbons (Fsp3) is 0.333.